The SMILES string of the molecule is CC(=O)C1[C@H]2\C=C/C=C\C=C/[C@@H]12. The lowest BCUT2D eigenvalue weighted by Crippen LogP contribution is -1.94. The Labute approximate surface area is 72.5 Å². The second-order valence-corrected chi connectivity index (χ2v) is 3.45. The fraction of sp³-hybridized carbons (Fsp3) is 0.364. The molecule has 1 nitrogen and oxygen atoms in total. The summed E-state index contributed by atoms with van der Waals surface area (Å²) < 4.78 is 0. The first-order chi connectivity index (χ1) is 5.80. The minimum atomic E-state index is 0.261. The summed E-state index contributed by atoms with van der Waals surface area (Å²) in [5, 5.41) is 0. The van der Waals surface area contributed by atoms with Crippen molar-refractivity contribution in [2.75, 3.05) is 0 Å². The standard InChI is InChI=1S/C11H12O/c1-8(12)11-9-6-4-2-3-5-7-10(9)11/h2-7,9-11H,1H3/b3-2-,6-4-,7-5-/t9-,10+,11?. The summed E-state index contributed by atoms with van der Waals surface area (Å²) in [4.78, 5) is 11.1. The topological polar surface area (TPSA) is 17.1 Å². The first-order valence-electron chi connectivity index (χ1n) is 4.33. The monoisotopic (exact) mass is 160 g/mol. The summed E-state index contributed by atoms with van der Waals surface area (Å²) in [6, 6.07) is 0. The average molecular weight is 160 g/mol. The molecule has 2 aliphatic rings. The number of Topliss-reactive ketones (excluding diaryl/α,β-unsaturated/α-hetero) is 1. The predicted molar refractivity (Wildman–Crippen MR) is 48.6 cm³/mol. The van der Waals surface area contributed by atoms with E-state index in [0.29, 0.717) is 17.6 Å². The maximum absolute atomic E-state index is 11.1. The zero-order chi connectivity index (χ0) is 8.55. The van der Waals surface area contributed by atoms with E-state index in [4.69, 9.17) is 0 Å². The van der Waals surface area contributed by atoms with E-state index in [2.05, 4.69) is 12.2 Å². The van der Waals surface area contributed by atoms with Gasteiger partial charge in [-0.1, -0.05) is 36.5 Å². The molecule has 12 heavy (non-hydrogen) atoms. The van der Waals surface area contributed by atoms with Crippen LogP contribution in [0, 0.1) is 17.8 Å². The molecule has 1 fully saturated rings. The molecule has 0 aromatic heterocycles. The zero-order valence-corrected chi connectivity index (χ0v) is 7.10. The van der Waals surface area contributed by atoms with Gasteiger partial charge in [-0.2, -0.15) is 0 Å². The van der Waals surface area contributed by atoms with Gasteiger partial charge in [0, 0.05) is 5.92 Å². The van der Waals surface area contributed by atoms with E-state index in [1.807, 2.05) is 24.3 Å². The van der Waals surface area contributed by atoms with Gasteiger partial charge in [-0.15, -0.1) is 0 Å². The minimum Gasteiger partial charge on any atom is -0.300 e. The van der Waals surface area contributed by atoms with Gasteiger partial charge in [0.1, 0.15) is 5.78 Å². The van der Waals surface area contributed by atoms with E-state index < -0.39 is 0 Å². The van der Waals surface area contributed by atoms with Crippen molar-refractivity contribution in [2.24, 2.45) is 17.8 Å². The van der Waals surface area contributed by atoms with Crippen molar-refractivity contribution in [1.82, 2.24) is 0 Å². The number of carbonyl (C=O) groups is 1. The molecule has 2 rings (SSSR count). The van der Waals surface area contributed by atoms with E-state index in [0.717, 1.165) is 0 Å². The van der Waals surface area contributed by atoms with Crippen LogP contribution in [0.2, 0.25) is 0 Å². The Morgan fingerprint density at radius 1 is 1.00 bits per heavy atom. The van der Waals surface area contributed by atoms with E-state index in [9.17, 15) is 4.79 Å². The van der Waals surface area contributed by atoms with Crippen LogP contribution in [0.15, 0.2) is 36.5 Å². The normalized spacial score (nSPS) is 44.9. The molecule has 0 aromatic carbocycles. The highest BCUT2D eigenvalue weighted by Gasteiger charge is 2.49. The van der Waals surface area contributed by atoms with Crippen molar-refractivity contribution < 1.29 is 4.79 Å². The van der Waals surface area contributed by atoms with Gasteiger partial charge in [0.15, 0.2) is 0 Å². The van der Waals surface area contributed by atoms with Gasteiger partial charge in [0.25, 0.3) is 0 Å². The largest absolute Gasteiger partial charge is 0.300 e. The zero-order valence-electron chi connectivity index (χ0n) is 7.10. The van der Waals surface area contributed by atoms with Gasteiger partial charge in [-0.3, -0.25) is 4.79 Å². The lowest BCUT2D eigenvalue weighted by atomic mass is 10.2. The highest BCUT2D eigenvalue weighted by molar-refractivity contribution is 5.83. The summed E-state index contributed by atoms with van der Waals surface area (Å²) in [7, 11) is 0. The van der Waals surface area contributed by atoms with Gasteiger partial charge < -0.3 is 0 Å². The first-order valence-corrected chi connectivity index (χ1v) is 4.33. The third-order valence-corrected chi connectivity index (χ3v) is 2.60. The number of allylic oxidation sites excluding steroid dienone is 6. The molecule has 62 valence electrons. The van der Waals surface area contributed by atoms with Gasteiger partial charge in [-0.25, -0.2) is 0 Å². The average Bonchev–Trinajstić information content (AvgIpc) is 2.60. The molecular formula is C11H12O. The Morgan fingerprint density at radius 2 is 1.50 bits per heavy atom. The molecule has 0 aliphatic heterocycles. The third-order valence-electron chi connectivity index (χ3n) is 2.60. The van der Waals surface area contributed by atoms with Crippen molar-refractivity contribution >= 4 is 5.78 Å². The fourth-order valence-electron chi connectivity index (χ4n) is 1.91. The van der Waals surface area contributed by atoms with E-state index in [-0.39, 0.29) is 5.92 Å². The van der Waals surface area contributed by atoms with Crippen molar-refractivity contribution in [3.63, 3.8) is 0 Å². The molecule has 0 heterocycles. The minimum absolute atomic E-state index is 0.261. The molecule has 1 heteroatoms. The molecule has 1 unspecified atom stereocenters. The molecule has 0 radical (unpaired) electrons. The van der Waals surface area contributed by atoms with Crippen LogP contribution in [0.25, 0.3) is 0 Å². The van der Waals surface area contributed by atoms with Crippen LogP contribution in [-0.4, -0.2) is 5.78 Å². The lowest BCUT2D eigenvalue weighted by molar-refractivity contribution is -0.118. The van der Waals surface area contributed by atoms with Crippen LogP contribution in [-0.2, 0) is 4.79 Å². The molecule has 3 atom stereocenters. The summed E-state index contributed by atoms with van der Waals surface area (Å²) in [6.45, 7) is 1.69. The molecule has 2 aliphatic carbocycles. The van der Waals surface area contributed by atoms with Gasteiger partial charge >= 0.3 is 0 Å². The lowest BCUT2D eigenvalue weighted by Gasteiger charge is -1.85. The molecule has 0 bridgehead atoms. The van der Waals surface area contributed by atoms with Gasteiger partial charge in [0.05, 0.1) is 0 Å². The number of carbonyl (C=O) groups excluding carboxylic acids is 1. The number of fused-ring (bicyclic) bond motifs is 1. The molecule has 1 saturated carbocycles. The second-order valence-electron chi connectivity index (χ2n) is 3.45. The van der Waals surface area contributed by atoms with Crippen LogP contribution < -0.4 is 0 Å². The smallest absolute Gasteiger partial charge is 0.134 e. The molecule has 0 aromatic rings. The maximum atomic E-state index is 11.1. The van der Waals surface area contributed by atoms with Crippen LogP contribution in [0.3, 0.4) is 0 Å². The summed E-state index contributed by atoms with van der Waals surface area (Å²) in [5.41, 5.74) is 0. The Kier molecular flexibility index (Phi) is 1.72. The number of hydrogen-bond acceptors (Lipinski definition) is 1. The van der Waals surface area contributed by atoms with Crippen LogP contribution >= 0.6 is 0 Å². The van der Waals surface area contributed by atoms with Crippen molar-refractivity contribution in [2.45, 2.75) is 6.92 Å². The number of ketones is 1. The third kappa shape index (κ3) is 1.15. The maximum Gasteiger partial charge on any atom is 0.134 e. The first kappa shape index (κ1) is 7.53. The van der Waals surface area contributed by atoms with Crippen molar-refractivity contribution in [3.05, 3.63) is 36.5 Å². The molecular weight excluding hydrogens is 148 g/mol. The van der Waals surface area contributed by atoms with E-state index in [1.165, 1.54) is 0 Å². The predicted octanol–water partition coefficient (Wildman–Crippen LogP) is 2.12. The Morgan fingerprint density at radius 3 is 1.92 bits per heavy atom. The molecule has 0 spiro atoms. The van der Waals surface area contributed by atoms with E-state index >= 15 is 0 Å². The quantitative estimate of drug-likeness (QED) is 0.574. The van der Waals surface area contributed by atoms with Crippen molar-refractivity contribution in [1.29, 1.82) is 0 Å². The Hall–Kier alpha value is -1.11. The molecule has 0 saturated heterocycles. The van der Waals surface area contributed by atoms with Crippen LogP contribution in [0.4, 0.5) is 0 Å². The molecule has 0 N–H and O–H groups in total. The number of rotatable bonds is 1. The van der Waals surface area contributed by atoms with Crippen molar-refractivity contribution in [3.8, 4) is 0 Å². The van der Waals surface area contributed by atoms with E-state index in [1.54, 1.807) is 6.92 Å². The second kappa shape index (κ2) is 2.74. The highest BCUT2D eigenvalue weighted by atomic mass is 16.1. The Balaban J connectivity index is 2.17. The van der Waals surface area contributed by atoms with Gasteiger partial charge in [0.2, 0.25) is 0 Å². The number of hydrogen-bond donors (Lipinski definition) is 0. The van der Waals surface area contributed by atoms with Crippen LogP contribution in [0.1, 0.15) is 6.92 Å². The summed E-state index contributed by atoms with van der Waals surface area (Å²) in [6.07, 6.45) is 12.3. The molecule has 0 amide bonds. The van der Waals surface area contributed by atoms with Crippen LogP contribution in [0.5, 0.6) is 0 Å². The summed E-state index contributed by atoms with van der Waals surface area (Å²) >= 11 is 0. The van der Waals surface area contributed by atoms with Gasteiger partial charge in [-0.05, 0) is 18.8 Å². The Bertz CT molecular complexity index is 261. The fourth-order valence-corrected chi connectivity index (χ4v) is 1.91. The summed E-state index contributed by atoms with van der Waals surface area (Å²) in [5.74, 6) is 1.53. The highest BCUT2D eigenvalue weighted by Crippen LogP contribution is 2.49.